The van der Waals surface area contributed by atoms with Crippen molar-refractivity contribution in [3.8, 4) is 0 Å². The molecule has 0 radical (unpaired) electrons. The van der Waals surface area contributed by atoms with Gasteiger partial charge in [0.05, 0.1) is 0 Å². The van der Waals surface area contributed by atoms with E-state index in [9.17, 15) is 4.79 Å². The van der Waals surface area contributed by atoms with Crippen LogP contribution in [0.25, 0.3) is 0 Å². The summed E-state index contributed by atoms with van der Waals surface area (Å²) in [5.41, 5.74) is -0.412. The van der Waals surface area contributed by atoms with E-state index in [-0.39, 0.29) is 6.09 Å². The molecule has 1 aliphatic heterocycles. The van der Waals surface area contributed by atoms with E-state index < -0.39 is 5.60 Å². The van der Waals surface area contributed by atoms with Crippen LogP contribution in [0.15, 0.2) is 0 Å². The van der Waals surface area contributed by atoms with Gasteiger partial charge < -0.3 is 15.0 Å². The van der Waals surface area contributed by atoms with Crippen LogP contribution in [0.1, 0.15) is 53.4 Å². The Labute approximate surface area is 117 Å². The number of nitrogens with zero attached hydrogens (tertiary/aromatic N) is 1. The zero-order valence-electron chi connectivity index (χ0n) is 13.0. The molecule has 0 aliphatic carbocycles. The normalized spacial score (nSPS) is 21.8. The summed E-state index contributed by atoms with van der Waals surface area (Å²) in [7, 11) is 0. The van der Waals surface area contributed by atoms with Crippen LogP contribution >= 0.6 is 0 Å². The van der Waals surface area contributed by atoms with Gasteiger partial charge in [-0.3, -0.25) is 0 Å². The van der Waals surface area contributed by atoms with Crippen molar-refractivity contribution >= 4 is 6.09 Å². The molecule has 1 N–H and O–H groups in total. The molecule has 112 valence electrons. The molecule has 1 rings (SSSR count). The Hall–Kier alpha value is -0.770. The molecule has 4 heteroatoms. The topological polar surface area (TPSA) is 41.6 Å². The van der Waals surface area contributed by atoms with Crippen LogP contribution < -0.4 is 5.32 Å². The van der Waals surface area contributed by atoms with Gasteiger partial charge in [-0.1, -0.05) is 6.92 Å². The van der Waals surface area contributed by atoms with E-state index in [1.54, 1.807) is 0 Å². The van der Waals surface area contributed by atoms with E-state index in [4.69, 9.17) is 4.74 Å². The number of likely N-dealkylation sites (tertiary alicyclic amines) is 1. The smallest absolute Gasteiger partial charge is 0.407 e. The van der Waals surface area contributed by atoms with Gasteiger partial charge in [-0.25, -0.2) is 4.79 Å². The van der Waals surface area contributed by atoms with Crippen LogP contribution in [0, 0.1) is 5.92 Å². The van der Waals surface area contributed by atoms with Crippen molar-refractivity contribution in [2.24, 2.45) is 5.92 Å². The first-order valence-electron chi connectivity index (χ1n) is 7.56. The predicted octanol–water partition coefficient (Wildman–Crippen LogP) is 3.02. The number of hydrogen-bond acceptors (Lipinski definition) is 3. The van der Waals surface area contributed by atoms with Gasteiger partial charge in [-0.2, -0.15) is 0 Å². The quantitative estimate of drug-likeness (QED) is 0.798. The highest BCUT2D eigenvalue weighted by Gasteiger charge is 2.16. The molecule has 0 aromatic heterocycles. The number of nitrogens with one attached hydrogen (secondary N) is 1. The minimum Gasteiger partial charge on any atom is -0.444 e. The number of rotatable bonds is 4. The second-order valence-corrected chi connectivity index (χ2v) is 6.66. The summed E-state index contributed by atoms with van der Waals surface area (Å²) in [6.45, 7) is 12.2. The van der Waals surface area contributed by atoms with E-state index in [0.717, 1.165) is 18.9 Å². The first-order valence-corrected chi connectivity index (χ1v) is 7.56. The summed E-state index contributed by atoms with van der Waals surface area (Å²) in [4.78, 5) is 14.0. The number of alkyl carbamates (subject to hydrolysis) is 1. The Morgan fingerprint density at radius 2 is 2.05 bits per heavy atom. The first kappa shape index (κ1) is 16.3. The van der Waals surface area contributed by atoms with Gasteiger partial charge in [0.25, 0.3) is 0 Å². The maximum absolute atomic E-state index is 11.5. The third-order valence-electron chi connectivity index (χ3n) is 3.43. The van der Waals surface area contributed by atoms with Crippen molar-refractivity contribution in [1.82, 2.24) is 10.2 Å². The summed E-state index contributed by atoms with van der Waals surface area (Å²) in [5, 5.41) is 2.82. The van der Waals surface area contributed by atoms with Gasteiger partial charge in [0.2, 0.25) is 0 Å². The van der Waals surface area contributed by atoms with Gasteiger partial charge in [-0.05, 0) is 72.0 Å². The number of amides is 1. The highest BCUT2D eigenvalue weighted by Crippen LogP contribution is 2.16. The van der Waals surface area contributed by atoms with Crippen LogP contribution in [0.4, 0.5) is 4.79 Å². The van der Waals surface area contributed by atoms with Crippen LogP contribution in [0.2, 0.25) is 0 Å². The number of hydrogen-bond donors (Lipinski definition) is 1. The van der Waals surface area contributed by atoms with E-state index in [2.05, 4.69) is 17.1 Å². The maximum Gasteiger partial charge on any atom is 0.407 e. The lowest BCUT2D eigenvalue weighted by Gasteiger charge is -2.21. The summed E-state index contributed by atoms with van der Waals surface area (Å²) in [6, 6.07) is 0. The molecule has 19 heavy (non-hydrogen) atoms. The molecule has 1 aliphatic rings. The number of ether oxygens (including phenoxy) is 1. The van der Waals surface area contributed by atoms with Crippen molar-refractivity contribution in [2.75, 3.05) is 26.2 Å². The lowest BCUT2D eigenvalue weighted by molar-refractivity contribution is 0.0525. The minimum atomic E-state index is -0.412. The van der Waals surface area contributed by atoms with Gasteiger partial charge >= 0.3 is 6.09 Å². The SMILES string of the molecule is CC1CCCN(CCCNC(=O)OC(C)(C)C)CC1. The molecule has 1 unspecified atom stereocenters. The standard InChI is InChI=1S/C15H30N2O2/c1-13-7-5-10-17(12-8-13)11-6-9-16-14(18)19-15(2,3)4/h13H,5-12H2,1-4H3,(H,16,18). The molecule has 1 atom stereocenters. The first-order chi connectivity index (χ1) is 8.87. The molecule has 0 spiro atoms. The van der Waals surface area contributed by atoms with Crippen LogP contribution in [-0.2, 0) is 4.74 Å². The zero-order valence-corrected chi connectivity index (χ0v) is 13.0. The Balaban J connectivity index is 2.08. The molecular formula is C15H30N2O2. The Kier molecular flexibility index (Phi) is 6.63. The van der Waals surface area contributed by atoms with Crippen molar-refractivity contribution in [2.45, 2.75) is 59.0 Å². The third kappa shape index (κ3) is 8.09. The Bertz CT molecular complexity index is 274. The monoisotopic (exact) mass is 270 g/mol. The Morgan fingerprint density at radius 3 is 2.74 bits per heavy atom. The van der Waals surface area contributed by atoms with E-state index in [0.29, 0.717) is 6.54 Å². The molecule has 1 saturated heterocycles. The lowest BCUT2D eigenvalue weighted by Crippen LogP contribution is -2.34. The highest BCUT2D eigenvalue weighted by molar-refractivity contribution is 5.67. The van der Waals surface area contributed by atoms with Crippen molar-refractivity contribution in [3.05, 3.63) is 0 Å². The summed E-state index contributed by atoms with van der Waals surface area (Å²) in [6.07, 6.45) is 4.65. The van der Waals surface area contributed by atoms with Crippen molar-refractivity contribution < 1.29 is 9.53 Å². The van der Waals surface area contributed by atoms with Crippen LogP contribution in [0.5, 0.6) is 0 Å². The lowest BCUT2D eigenvalue weighted by atomic mass is 10.0. The van der Waals surface area contributed by atoms with Gasteiger partial charge in [0.15, 0.2) is 0 Å². The molecular weight excluding hydrogens is 240 g/mol. The van der Waals surface area contributed by atoms with E-state index >= 15 is 0 Å². The fraction of sp³-hybridized carbons (Fsp3) is 0.933. The summed E-state index contributed by atoms with van der Waals surface area (Å²) >= 11 is 0. The van der Waals surface area contributed by atoms with Crippen molar-refractivity contribution in [3.63, 3.8) is 0 Å². The molecule has 0 saturated carbocycles. The molecule has 1 heterocycles. The van der Waals surface area contributed by atoms with E-state index in [1.165, 1.54) is 32.4 Å². The predicted molar refractivity (Wildman–Crippen MR) is 78.3 cm³/mol. The highest BCUT2D eigenvalue weighted by atomic mass is 16.6. The summed E-state index contributed by atoms with van der Waals surface area (Å²) in [5.74, 6) is 0.866. The molecule has 1 amide bonds. The maximum atomic E-state index is 11.5. The summed E-state index contributed by atoms with van der Waals surface area (Å²) < 4.78 is 5.20. The second kappa shape index (κ2) is 7.73. The van der Waals surface area contributed by atoms with Gasteiger partial charge in [0, 0.05) is 6.54 Å². The number of carbonyl (C=O) groups excluding carboxylic acids is 1. The largest absolute Gasteiger partial charge is 0.444 e. The van der Waals surface area contributed by atoms with Crippen LogP contribution in [-0.4, -0.2) is 42.8 Å². The zero-order chi connectivity index (χ0) is 14.3. The van der Waals surface area contributed by atoms with E-state index in [1.807, 2.05) is 20.8 Å². The van der Waals surface area contributed by atoms with Gasteiger partial charge in [0.1, 0.15) is 5.60 Å². The fourth-order valence-corrected chi connectivity index (χ4v) is 2.35. The van der Waals surface area contributed by atoms with Crippen molar-refractivity contribution in [1.29, 1.82) is 0 Å². The molecule has 0 aromatic rings. The third-order valence-corrected chi connectivity index (χ3v) is 3.43. The van der Waals surface area contributed by atoms with Gasteiger partial charge in [-0.15, -0.1) is 0 Å². The van der Waals surface area contributed by atoms with Crippen LogP contribution in [0.3, 0.4) is 0 Å². The Morgan fingerprint density at radius 1 is 1.32 bits per heavy atom. The number of carbonyl (C=O) groups is 1. The minimum absolute atomic E-state index is 0.308. The molecule has 4 nitrogen and oxygen atoms in total. The molecule has 0 aromatic carbocycles. The average Bonchev–Trinajstić information content (AvgIpc) is 2.47. The second-order valence-electron chi connectivity index (χ2n) is 6.66. The fourth-order valence-electron chi connectivity index (χ4n) is 2.35. The average molecular weight is 270 g/mol. The molecule has 0 bridgehead atoms. The molecule has 1 fully saturated rings.